The minimum absolute atomic E-state index is 0.0598. The second-order valence-corrected chi connectivity index (χ2v) is 3.86. The SMILES string of the molecule is Nc1nc(=O)n(N)c(N)c1N=Nc1ccc([N+](=O)[O-])cc1. The Labute approximate surface area is 116 Å². The molecule has 1 heterocycles. The number of hydrogen-bond acceptors (Lipinski definition) is 9. The minimum Gasteiger partial charge on any atom is -0.382 e. The maximum atomic E-state index is 11.2. The molecule has 0 aliphatic rings. The van der Waals surface area contributed by atoms with E-state index in [9.17, 15) is 14.9 Å². The highest BCUT2D eigenvalue weighted by molar-refractivity contribution is 5.70. The van der Waals surface area contributed by atoms with Gasteiger partial charge in [-0.05, 0) is 12.1 Å². The number of anilines is 2. The van der Waals surface area contributed by atoms with Crippen molar-refractivity contribution in [1.29, 1.82) is 0 Å². The molecule has 0 atom stereocenters. The average molecular weight is 290 g/mol. The largest absolute Gasteiger partial charge is 0.382 e. The lowest BCUT2D eigenvalue weighted by molar-refractivity contribution is -0.384. The predicted molar refractivity (Wildman–Crippen MR) is 74.7 cm³/mol. The van der Waals surface area contributed by atoms with E-state index in [1.54, 1.807) is 0 Å². The summed E-state index contributed by atoms with van der Waals surface area (Å²) in [5.74, 6) is 4.94. The molecule has 0 aliphatic heterocycles. The van der Waals surface area contributed by atoms with E-state index in [4.69, 9.17) is 17.3 Å². The number of nitrogens with two attached hydrogens (primary N) is 3. The molecule has 0 spiro atoms. The number of aromatic nitrogens is 2. The Morgan fingerprint density at radius 3 is 2.38 bits per heavy atom. The van der Waals surface area contributed by atoms with Crippen molar-refractivity contribution in [3.05, 3.63) is 44.9 Å². The Bertz CT molecular complexity index is 780. The van der Waals surface area contributed by atoms with Crippen molar-refractivity contribution in [2.75, 3.05) is 17.3 Å². The van der Waals surface area contributed by atoms with E-state index in [1.165, 1.54) is 24.3 Å². The van der Waals surface area contributed by atoms with Crippen molar-refractivity contribution in [2.24, 2.45) is 10.2 Å². The second kappa shape index (κ2) is 5.24. The summed E-state index contributed by atoms with van der Waals surface area (Å²) in [6, 6.07) is 5.31. The van der Waals surface area contributed by atoms with Crippen molar-refractivity contribution in [2.45, 2.75) is 0 Å². The van der Waals surface area contributed by atoms with E-state index in [0.29, 0.717) is 10.4 Å². The Morgan fingerprint density at radius 2 is 1.81 bits per heavy atom. The Hall–Kier alpha value is -3.50. The first kappa shape index (κ1) is 13.9. The van der Waals surface area contributed by atoms with Crippen LogP contribution in [-0.2, 0) is 0 Å². The highest BCUT2D eigenvalue weighted by atomic mass is 16.6. The number of hydrogen-bond donors (Lipinski definition) is 3. The van der Waals surface area contributed by atoms with Crippen LogP contribution < -0.4 is 23.0 Å². The molecule has 0 saturated heterocycles. The van der Waals surface area contributed by atoms with Gasteiger partial charge in [-0.25, -0.2) is 4.79 Å². The van der Waals surface area contributed by atoms with Crippen LogP contribution in [0.5, 0.6) is 0 Å². The maximum absolute atomic E-state index is 11.2. The van der Waals surface area contributed by atoms with Crippen LogP contribution in [0, 0.1) is 10.1 Å². The van der Waals surface area contributed by atoms with Crippen molar-refractivity contribution in [3.63, 3.8) is 0 Å². The highest BCUT2D eigenvalue weighted by Crippen LogP contribution is 2.27. The normalized spacial score (nSPS) is 10.9. The molecule has 1 aromatic carbocycles. The Morgan fingerprint density at radius 1 is 1.19 bits per heavy atom. The fraction of sp³-hybridized carbons (Fsp3) is 0. The molecule has 2 aromatic rings. The summed E-state index contributed by atoms with van der Waals surface area (Å²) in [4.78, 5) is 24.6. The smallest absolute Gasteiger partial charge is 0.369 e. The lowest BCUT2D eigenvalue weighted by Crippen LogP contribution is -2.32. The number of benzene rings is 1. The third kappa shape index (κ3) is 2.75. The summed E-state index contributed by atoms with van der Waals surface area (Å²) >= 11 is 0. The van der Waals surface area contributed by atoms with E-state index >= 15 is 0 Å². The van der Waals surface area contributed by atoms with Crippen LogP contribution in [0.1, 0.15) is 0 Å². The summed E-state index contributed by atoms with van der Waals surface area (Å²) in [5, 5.41) is 18.1. The van der Waals surface area contributed by atoms with Crippen LogP contribution in [-0.4, -0.2) is 14.6 Å². The van der Waals surface area contributed by atoms with Crippen LogP contribution >= 0.6 is 0 Å². The van der Waals surface area contributed by atoms with Crippen LogP contribution in [0.25, 0.3) is 0 Å². The molecular weight excluding hydrogens is 280 g/mol. The van der Waals surface area contributed by atoms with Crippen molar-refractivity contribution < 1.29 is 4.92 Å². The Kier molecular flexibility index (Phi) is 3.47. The summed E-state index contributed by atoms with van der Waals surface area (Å²) in [6.45, 7) is 0. The van der Waals surface area contributed by atoms with E-state index in [1.807, 2.05) is 0 Å². The van der Waals surface area contributed by atoms with Gasteiger partial charge < -0.3 is 17.3 Å². The van der Waals surface area contributed by atoms with Crippen LogP contribution in [0.2, 0.25) is 0 Å². The standard InChI is InChI=1S/C10H10N8O3/c11-8-7(9(12)17(13)10(19)14-8)16-15-5-1-3-6(4-2-5)18(20)21/h1-4H,12-13H2,(H2,11,14,19). The van der Waals surface area contributed by atoms with Crippen molar-refractivity contribution in [1.82, 2.24) is 9.66 Å². The number of non-ortho nitro benzene ring substituents is 1. The lowest BCUT2D eigenvalue weighted by atomic mass is 10.3. The molecule has 0 aliphatic carbocycles. The minimum atomic E-state index is -0.820. The maximum Gasteiger partial charge on any atom is 0.369 e. The summed E-state index contributed by atoms with van der Waals surface area (Å²) < 4.78 is 0.584. The average Bonchev–Trinajstić information content (AvgIpc) is 2.45. The molecule has 0 bridgehead atoms. The van der Waals surface area contributed by atoms with Gasteiger partial charge in [0.15, 0.2) is 17.3 Å². The van der Waals surface area contributed by atoms with Crippen molar-refractivity contribution in [3.8, 4) is 0 Å². The van der Waals surface area contributed by atoms with Gasteiger partial charge in [0, 0.05) is 12.1 Å². The first-order valence-corrected chi connectivity index (χ1v) is 5.49. The van der Waals surface area contributed by atoms with Gasteiger partial charge in [0.2, 0.25) is 0 Å². The van der Waals surface area contributed by atoms with Crippen molar-refractivity contribution >= 4 is 28.7 Å². The number of nitrogen functional groups attached to an aromatic ring is 3. The Balaban J connectivity index is 2.36. The number of nitro benzene ring substituents is 1. The fourth-order valence-corrected chi connectivity index (χ4v) is 1.41. The van der Waals surface area contributed by atoms with E-state index in [-0.39, 0.29) is 23.0 Å². The quantitative estimate of drug-likeness (QED) is 0.317. The van der Waals surface area contributed by atoms with E-state index in [2.05, 4.69) is 15.2 Å². The lowest BCUT2D eigenvalue weighted by Gasteiger charge is -2.05. The number of nitro groups is 1. The molecule has 6 N–H and O–H groups in total. The van der Waals surface area contributed by atoms with Crippen LogP contribution in [0.3, 0.4) is 0 Å². The van der Waals surface area contributed by atoms with E-state index in [0.717, 1.165) is 0 Å². The third-order valence-electron chi connectivity index (χ3n) is 2.49. The van der Waals surface area contributed by atoms with Gasteiger partial charge in [0.05, 0.1) is 10.6 Å². The second-order valence-electron chi connectivity index (χ2n) is 3.86. The number of azo groups is 1. The zero-order valence-corrected chi connectivity index (χ0v) is 10.5. The fourth-order valence-electron chi connectivity index (χ4n) is 1.41. The van der Waals surface area contributed by atoms with Crippen LogP contribution in [0.15, 0.2) is 39.3 Å². The molecule has 0 unspecified atom stereocenters. The molecule has 0 saturated carbocycles. The molecule has 0 fully saturated rings. The summed E-state index contributed by atoms with van der Waals surface area (Å²) in [6.07, 6.45) is 0. The molecule has 2 rings (SSSR count). The zero-order valence-electron chi connectivity index (χ0n) is 10.5. The third-order valence-corrected chi connectivity index (χ3v) is 2.49. The molecule has 0 amide bonds. The summed E-state index contributed by atoms with van der Waals surface area (Å²) in [5.41, 5.74) is 10.5. The molecule has 108 valence electrons. The number of nitrogens with zero attached hydrogens (tertiary/aromatic N) is 5. The van der Waals surface area contributed by atoms with E-state index < -0.39 is 10.6 Å². The van der Waals surface area contributed by atoms with Gasteiger partial charge in [-0.2, -0.15) is 14.8 Å². The van der Waals surface area contributed by atoms with Crippen LogP contribution in [0.4, 0.5) is 28.7 Å². The van der Waals surface area contributed by atoms with Gasteiger partial charge in [0.1, 0.15) is 0 Å². The van der Waals surface area contributed by atoms with Gasteiger partial charge in [-0.1, -0.05) is 0 Å². The monoisotopic (exact) mass is 290 g/mol. The first-order valence-electron chi connectivity index (χ1n) is 5.49. The molecule has 21 heavy (non-hydrogen) atoms. The van der Waals surface area contributed by atoms with Gasteiger partial charge in [-0.3, -0.25) is 10.1 Å². The summed E-state index contributed by atoms with van der Waals surface area (Å²) in [7, 11) is 0. The molecule has 11 nitrogen and oxygen atoms in total. The van der Waals surface area contributed by atoms with Gasteiger partial charge in [-0.15, -0.1) is 5.11 Å². The predicted octanol–water partition coefficient (Wildman–Crippen LogP) is 0.445. The van der Waals surface area contributed by atoms with Gasteiger partial charge in [0.25, 0.3) is 5.69 Å². The first-order chi connectivity index (χ1) is 9.90. The molecule has 11 heteroatoms. The highest BCUT2D eigenvalue weighted by Gasteiger charge is 2.11. The molecule has 0 radical (unpaired) electrons. The molecule has 1 aromatic heterocycles. The molecular formula is C10H10N8O3. The zero-order chi connectivity index (χ0) is 15.6. The van der Waals surface area contributed by atoms with Gasteiger partial charge >= 0.3 is 5.69 Å². The number of rotatable bonds is 3. The topological polar surface area (TPSA) is 181 Å².